The highest BCUT2D eigenvalue weighted by atomic mass is 35.5. The van der Waals surface area contributed by atoms with Gasteiger partial charge in [-0.05, 0) is 25.7 Å². The quantitative estimate of drug-likeness (QED) is 0.781. The molecule has 1 aliphatic rings. The zero-order valence-electron chi connectivity index (χ0n) is 8.73. The first kappa shape index (κ1) is 12.4. The minimum Gasteiger partial charge on any atom is -0.309 e. The maximum atomic E-state index is 5.81. The molecule has 1 aliphatic carbocycles. The Morgan fingerprint density at radius 2 is 2.07 bits per heavy atom. The van der Waals surface area contributed by atoms with Crippen LogP contribution in [-0.2, 0) is 0 Å². The van der Waals surface area contributed by atoms with E-state index in [9.17, 15) is 0 Å². The lowest BCUT2D eigenvalue weighted by molar-refractivity contribution is 0.286. The molecule has 0 saturated heterocycles. The fourth-order valence-corrected chi connectivity index (χ4v) is 2.25. The minimum atomic E-state index is 0.556. The molecular weight excluding hydrogens is 217 g/mol. The minimum absolute atomic E-state index is 0.556. The van der Waals surface area contributed by atoms with Crippen molar-refractivity contribution in [3.8, 4) is 0 Å². The molecule has 0 aliphatic heterocycles. The van der Waals surface area contributed by atoms with E-state index in [1.807, 2.05) is 0 Å². The highest BCUT2D eigenvalue weighted by Gasteiger charge is 2.19. The van der Waals surface area contributed by atoms with Gasteiger partial charge in [-0.25, -0.2) is 0 Å². The molecule has 3 heteroatoms. The van der Waals surface area contributed by atoms with E-state index < -0.39 is 0 Å². The van der Waals surface area contributed by atoms with Crippen molar-refractivity contribution in [2.75, 3.05) is 6.54 Å². The van der Waals surface area contributed by atoms with E-state index in [2.05, 4.69) is 12.2 Å². The first-order chi connectivity index (χ1) is 6.74. The molecule has 14 heavy (non-hydrogen) atoms. The second-order valence-corrected chi connectivity index (χ2v) is 4.83. The van der Waals surface area contributed by atoms with Crippen LogP contribution in [0, 0.1) is 5.92 Å². The highest BCUT2D eigenvalue weighted by Crippen LogP contribution is 2.26. The van der Waals surface area contributed by atoms with Crippen LogP contribution in [0.3, 0.4) is 0 Å². The standard InChI is InChI=1S/C11H19Cl2N/c1-9(14-8-11(13)7-12)10-5-3-2-4-6-10/h7,9-10,14H,2-6,8H2,1H3. The van der Waals surface area contributed by atoms with Crippen LogP contribution in [-0.4, -0.2) is 12.6 Å². The third-order valence-corrected chi connectivity index (χ3v) is 3.69. The van der Waals surface area contributed by atoms with Crippen molar-refractivity contribution >= 4 is 23.2 Å². The SMILES string of the molecule is CC(NCC(Cl)=CCl)C1CCCCC1. The fraction of sp³-hybridized carbons (Fsp3) is 0.818. The van der Waals surface area contributed by atoms with Crippen LogP contribution >= 0.6 is 23.2 Å². The predicted octanol–water partition coefficient (Wildman–Crippen LogP) is 3.86. The topological polar surface area (TPSA) is 12.0 Å². The van der Waals surface area contributed by atoms with Crippen LogP contribution in [0.4, 0.5) is 0 Å². The Labute approximate surface area is 96.8 Å². The molecule has 0 amide bonds. The van der Waals surface area contributed by atoms with Crippen molar-refractivity contribution in [1.29, 1.82) is 0 Å². The van der Waals surface area contributed by atoms with Crippen molar-refractivity contribution in [1.82, 2.24) is 5.32 Å². The van der Waals surface area contributed by atoms with E-state index in [1.165, 1.54) is 37.6 Å². The number of hydrogen-bond donors (Lipinski definition) is 1. The van der Waals surface area contributed by atoms with E-state index in [4.69, 9.17) is 23.2 Å². The van der Waals surface area contributed by atoms with Gasteiger partial charge in [0.2, 0.25) is 0 Å². The molecule has 82 valence electrons. The molecule has 1 unspecified atom stereocenters. The largest absolute Gasteiger partial charge is 0.309 e. The van der Waals surface area contributed by atoms with Gasteiger partial charge in [0.25, 0.3) is 0 Å². The molecule has 0 radical (unpaired) electrons. The smallest absolute Gasteiger partial charge is 0.0431 e. The molecule has 0 heterocycles. The van der Waals surface area contributed by atoms with E-state index in [-0.39, 0.29) is 0 Å². The van der Waals surface area contributed by atoms with Crippen molar-refractivity contribution in [2.45, 2.75) is 45.1 Å². The van der Waals surface area contributed by atoms with Gasteiger partial charge >= 0.3 is 0 Å². The molecule has 0 aromatic rings. The van der Waals surface area contributed by atoms with Gasteiger partial charge in [-0.15, -0.1) is 0 Å². The number of halogens is 2. The van der Waals surface area contributed by atoms with Crippen molar-refractivity contribution in [3.05, 3.63) is 10.6 Å². The lowest BCUT2D eigenvalue weighted by Crippen LogP contribution is -2.35. The molecule has 1 saturated carbocycles. The lowest BCUT2D eigenvalue weighted by Gasteiger charge is -2.28. The molecule has 1 atom stereocenters. The van der Waals surface area contributed by atoms with Crippen molar-refractivity contribution in [2.24, 2.45) is 5.92 Å². The monoisotopic (exact) mass is 235 g/mol. The maximum absolute atomic E-state index is 5.81. The Bertz CT molecular complexity index is 186. The zero-order valence-corrected chi connectivity index (χ0v) is 10.2. The van der Waals surface area contributed by atoms with E-state index in [0.29, 0.717) is 17.6 Å². The maximum Gasteiger partial charge on any atom is 0.0431 e. The fourth-order valence-electron chi connectivity index (χ4n) is 2.10. The summed E-state index contributed by atoms with van der Waals surface area (Å²) in [6.45, 7) is 2.94. The first-order valence-corrected chi connectivity index (χ1v) is 6.23. The van der Waals surface area contributed by atoms with Gasteiger partial charge in [0.15, 0.2) is 0 Å². The Morgan fingerprint density at radius 3 is 2.64 bits per heavy atom. The van der Waals surface area contributed by atoms with Gasteiger partial charge in [-0.3, -0.25) is 0 Å². The Hall–Kier alpha value is 0.280. The van der Waals surface area contributed by atoms with Crippen molar-refractivity contribution < 1.29 is 0 Å². The van der Waals surface area contributed by atoms with Crippen LogP contribution in [0.25, 0.3) is 0 Å². The van der Waals surface area contributed by atoms with E-state index in [0.717, 1.165) is 5.92 Å². The van der Waals surface area contributed by atoms with Crippen LogP contribution < -0.4 is 5.32 Å². The molecule has 0 aromatic heterocycles. The molecule has 0 aromatic carbocycles. The van der Waals surface area contributed by atoms with Crippen molar-refractivity contribution in [3.63, 3.8) is 0 Å². The molecule has 1 N–H and O–H groups in total. The average Bonchev–Trinajstić information content (AvgIpc) is 2.26. The third-order valence-electron chi connectivity index (χ3n) is 3.07. The third kappa shape index (κ3) is 4.20. The molecular formula is C11H19Cl2N. The molecule has 1 rings (SSSR count). The second-order valence-electron chi connectivity index (χ2n) is 4.12. The van der Waals surface area contributed by atoms with Gasteiger partial charge in [-0.1, -0.05) is 42.5 Å². The summed E-state index contributed by atoms with van der Waals surface area (Å²) in [5.74, 6) is 0.823. The van der Waals surface area contributed by atoms with Crippen LogP contribution in [0.5, 0.6) is 0 Å². The van der Waals surface area contributed by atoms with E-state index >= 15 is 0 Å². The van der Waals surface area contributed by atoms with Gasteiger partial charge in [0.05, 0.1) is 0 Å². The van der Waals surface area contributed by atoms with E-state index in [1.54, 1.807) is 0 Å². The molecule has 1 nitrogen and oxygen atoms in total. The second kappa shape index (κ2) is 6.71. The average molecular weight is 236 g/mol. The Morgan fingerprint density at radius 1 is 1.43 bits per heavy atom. The number of hydrogen-bond acceptors (Lipinski definition) is 1. The number of nitrogens with one attached hydrogen (secondary N) is 1. The molecule has 0 spiro atoms. The summed E-state index contributed by atoms with van der Waals surface area (Å²) in [5.41, 5.74) is 1.43. The van der Waals surface area contributed by atoms with Gasteiger partial charge in [0.1, 0.15) is 0 Å². The van der Waals surface area contributed by atoms with Gasteiger partial charge in [0, 0.05) is 23.2 Å². The zero-order chi connectivity index (χ0) is 10.4. The number of rotatable bonds is 4. The highest BCUT2D eigenvalue weighted by molar-refractivity contribution is 6.36. The summed E-state index contributed by atoms with van der Waals surface area (Å²) >= 11 is 11.3. The summed E-state index contributed by atoms with van der Waals surface area (Å²) in [6.07, 6.45) is 6.89. The Balaban J connectivity index is 2.22. The Kier molecular flexibility index (Phi) is 5.92. The van der Waals surface area contributed by atoms with Crippen LogP contribution in [0.15, 0.2) is 10.6 Å². The first-order valence-electron chi connectivity index (χ1n) is 5.42. The summed E-state index contributed by atoms with van der Waals surface area (Å²) in [4.78, 5) is 0. The van der Waals surface area contributed by atoms with Crippen LogP contribution in [0.1, 0.15) is 39.0 Å². The molecule has 1 fully saturated rings. The predicted molar refractivity (Wildman–Crippen MR) is 63.8 cm³/mol. The summed E-state index contributed by atoms with van der Waals surface area (Å²) in [6, 6.07) is 0.556. The normalized spacial score (nSPS) is 22.4. The van der Waals surface area contributed by atoms with Gasteiger partial charge in [-0.2, -0.15) is 0 Å². The van der Waals surface area contributed by atoms with Gasteiger partial charge < -0.3 is 5.32 Å². The summed E-state index contributed by atoms with van der Waals surface area (Å²) in [7, 11) is 0. The van der Waals surface area contributed by atoms with Crippen LogP contribution in [0.2, 0.25) is 0 Å². The lowest BCUT2D eigenvalue weighted by atomic mass is 9.84. The molecule has 0 bridgehead atoms. The summed E-state index contributed by atoms with van der Waals surface area (Å²) < 4.78 is 0. The summed E-state index contributed by atoms with van der Waals surface area (Å²) in [5, 5.41) is 4.11.